The van der Waals surface area contributed by atoms with E-state index in [4.69, 9.17) is 5.11 Å². The van der Waals surface area contributed by atoms with E-state index >= 15 is 0 Å². The van der Waals surface area contributed by atoms with Gasteiger partial charge < -0.3 is 23.2 Å². The molecule has 0 atom stereocenters. The van der Waals surface area contributed by atoms with Gasteiger partial charge in [0.05, 0.1) is 11.4 Å². The molecule has 3 radical (unpaired) electrons. The Morgan fingerprint density at radius 1 is 0.694 bits per heavy atom. The Hall–Kier alpha value is -3.31. The van der Waals surface area contributed by atoms with Gasteiger partial charge in [-0.25, -0.2) is 0 Å². The first-order valence-corrected chi connectivity index (χ1v) is 15.4. The number of carbonyl (C=O) groups excluding carboxylic acids is 2. The van der Waals surface area contributed by atoms with Crippen LogP contribution < -0.4 is 10.6 Å². The molecule has 2 aliphatic rings. The number of amides is 2. The van der Waals surface area contributed by atoms with Crippen LogP contribution in [0.2, 0.25) is 0 Å². The van der Waals surface area contributed by atoms with Gasteiger partial charge in [-0.3, -0.25) is 19.6 Å². The van der Waals surface area contributed by atoms with Crippen molar-refractivity contribution in [2.45, 2.75) is 63.7 Å². The van der Waals surface area contributed by atoms with Crippen LogP contribution in [0.15, 0.2) is 91.3 Å². The molecule has 1 saturated carbocycles. The van der Waals surface area contributed by atoms with Crippen LogP contribution in [0, 0.1) is 7.43 Å². The second-order valence-corrected chi connectivity index (χ2v) is 10.8. The summed E-state index contributed by atoms with van der Waals surface area (Å²) < 4.78 is 0. The summed E-state index contributed by atoms with van der Waals surface area (Å²) in [7, 11) is 1.00. The van der Waals surface area contributed by atoms with Crippen molar-refractivity contribution in [3.05, 3.63) is 110 Å². The molecule has 2 heterocycles. The van der Waals surface area contributed by atoms with Gasteiger partial charge >= 0.3 is 0 Å². The number of aliphatic hydroxyl groups excluding tert-OH is 1. The van der Waals surface area contributed by atoms with Crippen molar-refractivity contribution in [1.29, 1.82) is 0 Å². The molecular weight excluding hydrogens is 749 g/mol. The number of nitrogens with zero attached hydrogens (tertiary/aromatic N) is 2. The number of hydrogen-bond acceptors (Lipinski definition) is 5. The topological polar surface area (TPSA) is 104 Å². The molecule has 1 fully saturated rings. The van der Waals surface area contributed by atoms with E-state index in [-0.39, 0.29) is 61.1 Å². The van der Waals surface area contributed by atoms with Crippen LogP contribution in [0.4, 0.5) is 11.4 Å². The van der Waals surface area contributed by atoms with Gasteiger partial charge in [0, 0.05) is 76.8 Å². The van der Waals surface area contributed by atoms with Crippen molar-refractivity contribution in [1.82, 2.24) is 9.97 Å². The molecule has 3 N–H and O–H groups in total. The molecule has 2 aromatic heterocycles. The van der Waals surface area contributed by atoms with Crippen LogP contribution in [-0.2, 0) is 30.0 Å². The van der Waals surface area contributed by atoms with E-state index in [1.165, 1.54) is 67.3 Å². The smallest absolute Gasteiger partial charge is 0.211 e. The summed E-state index contributed by atoms with van der Waals surface area (Å²) in [5, 5.41) is 12.3. The van der Waals surface area contributed by atoms with Gasteiger partial charge in [0.15, 0.2) is 0 Å². The number of allylic oxidation sites excluding steroid dienone is 2. The van der Waals surface area contributed by atoms with Crippen molar-refractivity contribution >= 4 is 63.0 Å². The molecule has 0 aliphatic heterocycles. The van der Waals surface area contributed by atoms with E-state index < -0.39 is 0 Å². The fourth-order valence-corrected chi connectivity index (χ4v) is 5.94. The van der Waals surface area contributed by atoms with E-state index in [2.05, 4.69) is 50.9 Å². The zero-order valence-corrected chi connectivity index (χ0v) is 31.3. The Balaban J connectivity index is 0. The van der Waals surface area contributed by atoms with E-state index in [9.17, 15) is 9.59 Å². The molecule has 4 aromatic rings. The summed E-state index contributed by atoms with van der Waals surface area (Å²) in [5.41, 5.74) is 9.97. The van der Waals surface area contributed by atoms with Gasteiger partial charge in [0.2, 0.25) is 12.8 Å². The van der Waals surface area contributed by atoms with Gasteiger partial charge in [0.25, 0.3) is 0 Å². The van der Waals surface area contributed by atoms with Crippen molar-refractivity contribution in [3.8, 4) is 22.3 Å². The number of aliphatic hydroxyl groups is 1. The van der Waals surface area contributed by atoms with Crippen LogP contribution in [0.3, 0.4) is 0 Å². The SMILES string of the molecule is CO.Cl.Cl.O=CNc1ccc(-c2cccnc2C2=CCCCC2)cc1.O=CNc1ccc(-c2cccnc2C2CCCCC2)cc1.[B].[CH3-].[Pd]. The number of anilines is 2. The first-order chi connectivity index (χ1) is 21.8. The molecule has 0 bridgehead atoms. The fraction of sp³-hybridized carbons (Fsp3) is 0.289. The quantitative estimate of drug-likeness (QED) is 0.0938. The maximum absolute atomic E-state index is 10.5. The molecule has 2 aliphatic carbocycles. The largest absolute Gasteiger partial charge is 0.400 e. The maximum atomic E-state index is 10.5. The molecule has 0 spiro atoms. The summed E-state index contributed by atoms with van der Waals surface area (Å²) >= 11 is 0. The Labute approximate surface area is 320 Å². The van der Waals surface area contributed by atoms with Gasteiger partial charge in [-0.15, -0.1) is 24.8 Å². The Bertz CT molecular complexity index is 1520. The summed E-state index contributed by atoms with van der Waals surface area (Å²) in [6, 6.07) is 24.1. The number of benzene rings is 2. The number of rotatable bonds is 8. The molecule has 11 heteroatoms. The molecule has 0 saturated heterocycles. The molecule has 7 nitrogen and oxygen atoms in total. The van der Waals surface area contributed by atoms with Gasteiger partial charge in [0.1, 0.15) is 0 Å². The number of carbonyl (C=O) groups is 2. The van der Waals surface area contributed by atoms with Crippen molar-refractivity contribution in [2.75, 3.05) is 17.7 Å². The molecular formula is C38H47BCl2N4O3Pd-. The minimum absolute atomic E-state index is 0. The number of pyridine rings is 2. The van der Waals surface area contributed by atoms with Crippen molar-refractivity contribution in [2.24, 2.45) is 0 Å². The molecule has 49 heavy (non-hydrogen) atoms. The van der Waals surface area contributed by atoms with Crippen LogP contribution in [-0.4, -0.2) is 43.4 Å². The molecule has 0 unspecified atom stereocenters. The molecule has 2 aromatic carbocycles. The number of nitrogens with one attached hydrogen (secondary N) is 2. The summed E-state index contributed by atoms with van der Waals surface area (Å²) in [5.74, 6) is 0.586. The first kappa shape index (κ1) is 47.8. The second kappa shape index (κ2) is 26.5. The number of halogens is 2. The van der Waals surface area contributed by atoms with E-state index in [1.54, 1.807) is 0 Å². The number of hydrogen-bond donors (Lipinski definition) is 3. The normalized spacial score (nSPS) is 13.0. The zero-order valence-electron chi connectivity index (χ0n) is 28.1. The monoisotopic (exact) mass is 794 g/mol. The maximum Gasteiger partial charge on any atom is 0.211 e. The predicted molar refractivity (Wildman–Crippen MR) is 206 cm³/mol. The third-order valence-corrected chi connectivity index (χ3v) is 8.08. The van der Waals surface area contributed by atoms with Crippen LogP contribution in [0.25, 0.3) is 27.8 Å². The Kier molecular flexibility index (Phi) is 25.9. The van der Waals surface area contributed by atoms with E-state index in [1.807, 2.05) is 60.9 Å². The van der Waals surface area contributed by atoms with Crippen LogP contribution in [0.1, 0.15) is 75.1 Å². The standard InChI is InChI=1S/C18H20N2O.C18H18N2O.CH4O.CH3.B.2ClH.Pd/c2*21-13-20-16-10-8-14(9-11-16)17-7-4-12-19-18(17)15-5-2-1-3-6-15;1-2;;;;;/h4,7-13,15H,1-3,5-6H2,(H,20,21);4-5,7-13H,1-3,6H2,(H,20,21);2H,1H3;1H3;;2*1H;/q;;;-1;;;;. The Morgan fingerprint density at radius 3 is 1.71 bits per heavy atom. The minimum atomic E-state index is 0. The number of aromatic nitrogens is 2. The third kappa shape index (κ3) is 13.8. The van der Waals surface area contributed by atoms with Gasteiger partial charge in [-0.2, -0.15) is 0 Å². The first-order valence-electron chi connectivity index (χ1n) is 15.4. The van der Waals surface area contributed by atoms with Crippen LogP contribution in [0.5, 0.6) is 0 Å². The average molecular weight is 796 g/mol. The van der Waals surface area contributed by atoms with Crippen molar-refractivity contribution < 1.29 is 35.1 Å². The Morgan fingerprint density at radius 2 is 1.20 bits per heavy atom. The van der Waals surface area contributed by atoms with Crippen molar-refractivity contribution in [3.63, 3.8) is 0 Å². The zero-order chi connectivity index (χ0) is 31.0. The minimum Gasteiger partial charge on any atom is -0.400 e. The van der Waals surface area contributed by atoms with Gasteiger partial charge in [-0.1, -0.05) is 61.7 Å². The van der Waals surface area contributed by atoms with Crippen LogP contribution >= 0.6 is 24.8 Å². The van der Waals surface area contributed by atoms with E-state index in [0.717, 1.165) is 48.1 Å². The summed E-state index contributed by atoms with van der Waals surface area (Å²) in [6.07, 6.45) is 18.7. The summed E-state index contributed by atoms with van der Waals surface area (Å²) in [6.45, 7) is 0. The molecule has 6 rings (SSSR count). The van der Waals surface area contributed by atoms with E-state index in [0.29, 0.717) is 18.7 Å². The fourth-order valence-electron chi connectivity index (χ4n) is 5.94. The second-order valence-electron chi connectivity index (χ2n) is 10.8. The average Bonchev–Trinajstić information content (AvgIpc) is 3.11. The third-order valence-electron chi connectivity index (χ3n) is 8.08. The molecule has 265 valence electrons. The van der Waals surface area contributed by atoms with Gasteiger partial charge in [-0.05, 0) is 91.6 Å². The predicted octanol–water partition coefficient (Wildman–Crippen LogP) is 9.16. The molecule has 2 amide bonds. The summed E-state index contributed by atoms with van der Waals surface area (Å²) in [4.78, 5) is 30.2.